The van der Waals surface area contributed by atoms with Gasteiger partial charge in [0.1, 0.15) is 16.9 Å². The molecule has 2 N–H and O–H groups in total. The van der Waals surface area contributed by atoms with Gasteiger partial charge in [0.15, 0.2) is 5.58 Å². The molecular formula is C18H20Cl2N4O2. The number of rotatable bonds is 4. The number of oxazole rings is 1. The summed E-state index contributed by atoms with van der Waals surface area (Å²) in [6, 6.07) is 10.1. The minimum atomic E-state index is 0. The molecule has 3 aromatic heterocycles. The number of nitrogens with two attached hydrogens (primary N) is 1. The molecular weight excluding hydrogens is 375 g/mol. The quantitative estimate of drug-likeness (QED) is 0.565. The van der Waals surface area contributed by atoms with Crippen LogP contribution in [0.1, 0.15) is 17.0 Å². The Morgan fingerprint density at radius 2 is 1.92 bits per heavy atom. The van der Waals surface area contributed by atoms with Gasteiger partial charge in [-0.2, -0.15) is 4.98 Å². The average molecular weight is 395 g/mol. The molecule has 0 spiro atoms. The number of aryl methyl sites for hydroxylation is 3. The second-order valence-electron chi connectivity index (χ2n) is 5.79. The second-order valence-corrected chi connectivity index (χ2v) is 5.79. The highest BCUT2D eigenvalue weighted by Gasteiger charge is 2.10. The number of pyridine rings is 1. The number of anilines is 1. The predicted molar refractivity (Wildman–Crippen MR) is 107 cm³/mol. The van der Waals surface area contributed by atoms with Crippen LogP contribution in [0, 0.1) is 6.92 Å². The molecule has 26 heavy (non-hydrogen) atoms. The number of hydrogen-bond donors (Lipinski definition) is 1. The van der Waals surface area contributed by atoms with Crippen molar-refractivity contribution in [3.05, 3.63) is 53.5 Å². The number of fused-ring (bicyclic) bond motifs is 2. The molecule has 0 aliphatic rings. The van der Waals surface area contributed by atoms with E-state index in [0.717, 1.165) is 46.7 Å². The van der Waals surface area contributed by atoms with Crippen molar-refractivity contribution in [3.63, 3.8) is 0 Å². The number of aromatic nitrogens is 3. The summed E-state index contributed by atoms with van der Waals surface area (Å²) in [6.45, 7) is 2.09. The largest absolute Gasteiger partial charge is 0.497 e. The van der Waals surface area contributed by atoms with Crippen LogP contribution in [0.15, 0.2) is 40.9 Å². The fraction of sp³-hybridized carbons (Fsp3) is 0.222. The summed E-state index contributed by atoms with van der Waals surface area (Å²) in [6.07, 6.45) is 3.71. The molecule has 4 aromatic rings. The molecule has 0 saturated heterocycles. The Balaban J connectivity index is 0.00000121. The van der Waals surface area contributed by atoms with E-state index in [1.165, 1.54) is 5.56 Å². The molecule has 0 aliphatic carbocycles. The van der Waals surface area contributed by atoms with E-state index in [1.807, 2.05) is 30.5 Å². The van der Waals surface area contributed by atoms with E-state index in [-0.39, 0.29) is 30.8 Å². The molecule has 0 amide bonds. The lowest BCUT2D eigenvalue weighted by atomic mass is 10.1. The summed E-state index contributed by atoms with van der Waals surface area (Å²) in [5.74, 6) is 0.812. The van der Waals surface area contributed by atoms with E-state index in [0.29, 0.717) is 0 Å². The van der Waals surface area contributed by atoms with Crippen molar-refractivity contribution in [2.24, 2.45) is 0 Å². The first kappa shape index (κ1) is 19.9. The SMILES string of the molecule is COc1ccn2c(C)c(CCc3ccc4nc(N)oc4c3)nc2c1.Cl.Cl. The molecule has 6 nitrogen and oxygen atoms in total. The number of ether oxygens (including phenoxy) is 1. The minimum absolute atomic E-state index is 0. The number of methoxy groups -OCH3 is 1. The van der Waals surface area contributed by atoms with Crippen molar-refractivity contribution in [1.82, 2.24) is 14.4 Å². The van der Waals surface area contributed by atoms with E-state index < -0.39 is 0 Å². The normalized spacial score (nSPS) is 10.5. The van der Waals surface area contributed by atoms with Crippen LogP contribution in [0.2, 0.25) is 0 Å². The maximum Gasteiger partial charge on any atom is 0.292 e. The van der Waals surface area contributed by atoms with Crippen LogP contribution in [0.4, 0.5) is 6.01 Å². The number of imidazole rings is 1. The molecule has 0 atom stereocenters. The monoisotopic (exact) mass is 394 g/mol. The van der Waals surface area contributed by atoms with Crippen LogP contribution in [-0.2, 0) is 12.8 Å². The van der Waals surface area contributed by atoms with E-state index in [9.17, 15) is 0 Å². The van der Waals surface area contributed by atoms with Crippen molar-refractivity contribution < 1.29 is 9.15 Å². The average Bonchev–Trinajstić information content (AvgIpc) is 3.11. The standard InChI is InChI=1S/C18H18N4O2.2ClH/c1-11-14(20-17-10-13(23-2)7-8-22(11)17)5-3-12-4-6-15-16(9-12)24-18(19)21-15;;/h4,6-10H,3,5H2,1-2H3,(H2,19,21);2*1H. The van der Waals surface area contributed by atoms with Crippen molar-refractivity contribution in [2.75, 3.05) is 12.8 Å². The van der Waals surface area contributed by atoms with Crippen LogP contribution in [0.25, 0.3) is 16.7 Å². The smallest absolute Gasteiger partial charge is 0.292 e. The Kier molecular flexibility index (Phi) is 6.00. The number of benzene rings is 1. The summed E-state index contributed by atoms with van der Waals surface area (Å²) >= 11 is 0. The molecule has 0 aliphatic heterocycles. The molecule has 4 rings (SSSR count). The fourth-order valence-corrected chi connectivity index (χ4v) is 2.97. The fourth-order valence-electron chi connectivity index (χ4n) is 2.97. The third kappa shape index (κ3) is 3.57. The van der Waals surface area contributed by atoms with Crippen LogP contribution >= 0.6 is 24.8 Å². The Morgan fingerprint density at radius 3 is 2.69 bits per heavy atom. The van der Waals surface area contributed by atoms with Crippen molar-refractivity contribution in [1.29, 1.82) is 0 Å². The van der Waals surface area contributed by atoms with Gasteiger partial charge < -0.3 is 19.3 Å². The Morgan fingerprint density at radius 1 is 1.12 bits per heavy atom. The molecule has 0 unspecified atom stereocenters. The number of halogens is 2. The first-order valence-corrected chi connectivity index (χ1v) is 7.80. The number of nitrogens with zero attached hydrogens (tertiary/aromatic N) is 3. The summed E-state index contributed by atoms with van der Waals surface area (Å²) in [7, 11) is 1.66. The molecule has 0 radical (unpaired) electrons. The topological polar surface area (TPSA) is 78.6 Å². The maximum absolute atomic E-state index is 5.59. The summed E-state index contributed by atoms with van der Waals surface area (Å²) in [5, 5.41) is 0. The number of hydrogen-bond acceptors (Lipinski definition) is 5. The molecule has 138 valence electrons. The van der Waals surface area contributed by atoms with Gasteiger partial charge in [-0.15, -0.1) is 24.8 Å². The van der Waals surface area contributed by atoms with Gasteiger partial charge in [-0.25, -0.2) is 4.98 Å². The van der Waals surface area contributed by atoms with Crippen LogP contribution in [0.3, 0.4) is 0 Å². The third-order valence-electron chi connectivity index (χ3n) is 4.29. The van der Waals surface area contributed by atoms with Crippen molar-refractivity contribution in [2.45, 2.75) is 19.8 Å². The van der Waals surface area contributed by atoms with Gasteiger partial charge in [0.05, 0.1) is 12.8 Å². The van der Waals surface area contributed by atoms with Crippen LogP contribution in [-0.4, -0.2) is 21.5 Å². The highest BCUT2D eigenvalue weighted by Crippen LogP contribution is 2.21. The van der Waals surface area contributed by atoms with E-state index >= 15 is 0 Å². The predicted octanol–water partition coefficient (Wildman–Crippen LogP) is 4.00. The zero-order valence-electron chi connectivity index (χ0n) is 14.4. The van der Waals surface area contributed by atoms with Gasteiger partial charge in [-0.3, -0.25) is 0 Å². The lowest BCUT2D eigenvalue weighted by Crippen LogP contribution is -1.94. The molecule has 0 fully saturated rings. The highest BCUT2D eigenvalue weighted by molar-refractivity contribution is 5.85. The molecule has 0 bridgehead atoms. The molecule has 0 saturated carbocycles. The third-order valence-corrected chi connectivity index (χ3v) is 4.29. The highest BCUT2D eigenvalue weighted by atomic mass is 35.5. The maximum atomic E-state index is 5.59. The zero-order chi connectivity index (χ0) is 16.7. The first-order valence-electron chi connectivity index (χ1n) is 7.80. The Bertz CT molecular complexity index is 1040. The lowest BCUT2D eigenvalue weighted by Gasteiger charge is -2.01. The Labute approximate surface area is 163 Å². The second kappa shape index (κ2) is 7.85. The molecule has 8 heteroatoms. The van der Waals surface area contributed by atoms with Gasteiger partial charge in [-0.1, -0.05) is 6.07 Å². The van der Waals surface area contributed by atoms with Gasteiger partial charge in [0.2, 0.25) is 0 Å². The number of nitrogen functional groups attached to an aromatic ring is 1. The molecule has 3 heterocycles. The Hall–Kier alpha value is -2.44. The minimum Gasteiger partial charge on any atom is -0.497 e. The van der Waals surface area contributed by atoms with Gasteiger partial charge >= 0.3 is 0 Å². The van der Waals surface area contributed by atoms with E-state index in [4.69, 9.17) is 19.9 Å². The van der Waals surface area contributed by atoms with Gasteiger partial charge in [0.25, 0.3) is 6.01 Å². The summed E-state index contributed by atoms with van der Waals surface area (Å²) in [4.78, 5) is 8.84. The van der Waals surface area contributed by atoms with Gasteiger partial charge in [-0.05, 0) is 43.5 Å². The lowest BCUT2D eigenvalue weighted by molar-refractivity contribution is 0.414. The summed E-state index contributed by atoms with van der Waals surface area (Å²) < 4.78 is 12.7. The van der Waals surface area contributed by atoms with Crippen LogP contribution < -0.4 is 10.5 Å². The van der Waals surface area contributed by atoms with E-state index in [1.54, 1.807) is 7.11 Å². The van der Waals surface area contributed by atoms with Crippen LogP contribution in [0.5, 0.6) is 5.75 Å². The van der Waals surface area contributed by atoms with E-state index in [2.05, 4.69) is 22.4 Å². The van der Waals surface area contributed by atoms with Crippen molar-refractivity contribution >= 4 is 47.6 Å². The summed E-state index contributed by atoms with van der Waals surface area (Å²) in [5.41, 5.74) is 11.4. The van der Waals surface area contributed by atoms with Gasteiger partial charge in [0, 0.05) is 18.0 Å². The zero-order valence-corrected chi connectivity index (χ0v) is 16.1. The van der Waals surface area contributed by atoms with Crippen molar-refractivity contribution in [3.8, 4) is 5.75 Å². The molecule has 1 aromatic carbocycles. The first-order chi connectivity index (χ1) is 11.6.